The minimum Gasteiger partial charge on any atom is -0.220 e. The lowest BCUT2D eigenvalue weighted by atomic mass is 10.3. The first kappa shape index (κ1) is 13.5. The van der Waals surface area contributed by atoms with Crippen LogP contribution in [0.2, 0.25) is 0 Å². The van der Waals surface area contributed by atoms with Gasteiger partial charge in [0, 0.05) is 5.11 Å². The van der Waals surface area contributed by atoms with E-state index in [1.807, 2.05) is 0 Å². The van der Waals surface area contributed by atoms with Crippen molar-refractivity contribution in [2.45, 2.75) is 13.1 Å². The van der Waals surface area contributed by atoms with E-state index in [-0.39, 0.29) is 5.82 Å². The quantitative estimate of drug-likeness (QED) is 0.463. The Bertz CT molecular complexity index is 665. The second kappa shape index (κ2) is 6.31. The molecule has 0 saturated heterocycles. The summed E-state index contributed by atoms with van der Waals surface area (Å²) in [6.45, 7) is 0.741. The predicted octanol–water partition coefficient (Wildman–Crippen LogP) is 2.60. The zero-order chi connectivity index (χ0) is 14.4. The molecule has 0 saturated carbocycles. The van der Waals surface area contributed by atoms with E-state index in [4.69, 9.17) is 12.8 Å². The van der Waals surface area contributed by atoms with Gasteiger partial charge in [0.15, 0.2) is 0 Å². The van der Waals surface area contributed by atoms with Crippen LogP contribution in [0.1, 0.15) is 0 Å². The summed E-state index contributed by atoms with van der Waals surface area (Å²) < 4.78 is 16.3. The number of nitrogens with zero attached hydrogens (tertiary/aromatic N) is 4. The zero-order valence-corrected chi connectivity index (χ0v) is 10.7. The highest BCUT2D eigenvalue weighted by Crippen LogP contribution is 2.16. The van der Waals surface area contributed by atoms with Crippen molar-refractivity contribution in [1.82, 2.24) is 4.57 Å². The summed E-state index contributed by atoms with van der Waals surface area (Å²) in [5, 5.41) is 8.20. The van der Waals surface area contributed by atoms with Crippen LogP contribution in [0.15, 0.2) is 46.9 Å². The van der Waals surface area contributed by atoms with Gasteiger partial charge in [0.1, 0.15) is 24.6 Å². The predicted molar refractivity (Wildman–Crippen MR) is 72.9 cm³/mol. The third-order valence-electron chi connectivity index (χ3n) is 2.55. The molecule has 1 aromatic heterocycles. The molecule has 4 nitrogen and oxygen atoms in total. The van der Waals surface area contributed by atoms with E-state index in [1.165, 1.54) is 12.1 Å². The summed E-state index contributed by atoms with van der Waals surface area (Å²) in [4.78, 5) is 0. The van der Waals surface area contributed by atoms with Crippen LogP contribution >= 0.6 is 0 Å². The normalized spacial score (nSPS) is 10.3. The largest absolute Gasteiger partial charge is 0.423 e. The molecular weight excluding hydrogens is 255 g/mol. The smallest absolute Gasteiger partial charge is 0.220 e. The maximum Gasteiger partial charge on any atom is 0.423 e. The maximum atomic E-state index is 12.8. The van der Waals surface area contributed by atoms with Gasteiger partial charge in [0.05, 0.1) is 12.4 Å². The molecule has 0 N–H and O–H groups in total. The number of hydrogen-bond donors (Lipinski definition) is 0. The number of azo groups is 1. The van der Waals surface area contributed by atoms with E-state index in [9.17, 15) is 4.39 Å². The van der Waals surface area contributed by atoms with E-state index >= 15 is 0 Å². The molecule has 5 heteroatoms. The Morgan fingerprint density at radius 1 is 1.15 bits per heavy atom. The van der Waals surface area contributed by atoms with Crippen LogP contribution in [0.5, 0.6) is 0 Å². The van der Waals surface area contributed by atoms with E-state index in [1.54, 1.807) is 33.7 Å². The van der Waals surface area contributed by atoms with Crippen LogP contribution in [0.4, 0.5) is 16.0 Å². The molecule has 2 rings (SSSR count). The van der Waals surface area contributed by atoms with Gasteiger partial charge in [0.2, 0.25) is 0 Å². The van der Waals surface area contributed by atoms with E-state index in [2.05, 4.69) is 22.1 Å². The summed E-state index contributed by atoms with van der Waals surface area (Å²) in [6.07, 6.45) is 14.2. The van der Waals surface area contributed by atoms with Crippen molar-refractivity contribution >= 4 is 11.6 Å². The number of halogens is 1. The molecular formula is C15H12FN4+. The molecule has 0 bridgehead atoms. The fourth-order valence-electron chi connectivity index (χ4n) is 1.63. The van der Waals surface area contributed by atoms with Crippen molar-refractivity contribution < 1.29 is 8.96 Å². The molecule has 0 unspecified atom stereocenters. The average Bonchev–Trinajstić information content (AvgIpc) is 2.82. The number of benzene rings is 1. The Morgan fingerprint density at radius 3 is 2.55 bits per heavy atom. The summed E-state index contributed by atoms with van der Waals surface area (Å²) in [5.74, 6) is 5.29. The molecule has 2 aromatic rings. The van der Waals surface area contributed by atoms with Gasteiger partial charge >= 0.3 is 5.95 Å². The molecule has 0 atom stereocenters. The van der Waals surface area contributed by atoms with Gasteiger partial charge < -0.3 is 0 Å². The number of rotatable bonds is 4. The summed E-state index contributed by atoms with van der Waals surface area (Å²) in [6, 6.07) is 5.73. The maximum absolute atomic E-state index is 12.8. The molecule has 0 aliphatic rings. The second-order valence-corrected chi connectivity index (χ2v) is 3.94. The molecule has 1 heterocycles. The summed E-state index contributed by atoms with van der Waals surface area (Å²) >= 11 is 0. The minimum absolute atomic E-state index is 0.318. The standard InChI is InChI=1S/C15H12FN4/c1-3-9-19-11-12-20(10-4-2)15(19)18-17-14-7-5-13(16)6-8-14/h1-2,5-8,11-12H,9-10H2/q+1. The lowest BCUT2D eigenvalue weighted by Gasteiger charge is -1.94. The highest BCUT2D eigenvalue weighted by atomic mass is 19.1. The number of imidazole rings is 1. The van der Waals surface area contributed by atoms with Crippen LogP contribution in [0.25, 0.3) is 0 Å². The minimum atomic E-state index is -0.318. The van der Waals surface area contributed by atoms with E-state index in [0.717, 1.165) is 0 Å². The monoisotopic (exact) mass is 267 g/mol. The van der Waals surface area contributed by atoms with Gasteiger partial charge in [-0.25, -0.2) is 13.5 Å². The van der Waals surface area contributed by atoms with Crippen molar-refractivity contribution in [3.8, 4) is 24.7 Å². The Morgan fingerprint density at radius 2 is 1.90 bits per heavy atom. The molecule has 0 radical (unpaired) electrons. The van der Waals surface area contributed by atoms with Crippen molar-refractivity contribution in [2.24, 2.45) is 10.2 Å². The van der Waals surface area contributed by atoms with Crippen LogP contribution in [0, 0.1) is 30.5 Å². The molecule has 1 aromatic carbocycles. The molecule has 98 valence electrons. The fraction of sp³-hybridized carbons (Fsp3) is 0.133. The van der Waals surface area contributed by atoms with Crippen LogP contribution < -0.4 is 4.57 Å². The summed E-state index contributed by atoms with van der Waals surface area (Å²) in [5.41, 5.74) is 0.548. The van der Waals surface area contributed by atoms with E-state index in [0.29, 0.717) is 24.7 Å². The van der Waals surface area contributed by atoms with Crippen molar-refractivity contribution in [3.63, 3.8) is 0 Å². The third kappa shape index (κ3) is 3.09. The highest BCUT2D eigenvalue weighted by Gasteiger charge is 2.15. The second-order valence-electron chi connectivity index (χ2n) is 3.94. The molecule has 0 spiro atoms. The third-order valence-corrected chi connectivity index (χ3v) is 2.55. The topological polar surface area (TPSA) is 33.5 Å². The Labute approximate surface area is 116 Å². The van der Waals surface area contributed by atoms with Gasteiger partial charge in [-0.1, -0.05) is 17.0 Å². The summed E-state index contributed by atoms with van der Waals surface area (Å²) in [7, 11) is 0. The van der Waals surface area contributed by atoms with Gasteiger partial charge in [-0.15, -0.1) is 12.8 Å². The zero-order valence-electron chi connectivity index (χ0n) is 10.7. The van der Waals surface area contributed by atoms with Gasteiger partial charge in [-0.05, 0) is 24.3 Å². The molecule has 0 amide bonds. The first-order valence-electron chi connectivity index (χ1n) is 5.87. The fourth-order valence-corrected chi connectivity index (χ4v) is 1.63. The Kier molecular flexibility index (Phi) is 4.26. The van der Waals surface area contributed by atoms with Crippen molar-refractivity contribution in [3.05, 3.63) is 42.5 Å². The number of hydrogen-bond acceptors (Lipinski definition) is 2. The molecule has 0 aliphatic carbocycles. The highest BCUT2D eigenvalue weighted by molar-refractivity contribution is 5.35. The number of terminal acetylenes is 2. The van der Waals surface area contributed by atoms with Gasteiger partial charge in [0.25, 0.3) is 0 Å². The lowest BCUT2D eigenvalue weighted by molar-refractivity contribution is -0.671. The first-order chi connectivity index (χ1) is 9.74. The SMILES string of the molecule is C#CCn1cc[n+](CC#C)c1N=Nc1ccc(F)cc1. The Hall–Kier alpha value is -2.92. The van der Waals surface area contributed by atoms with Crippen LogP contribution in [0.3, 0.4) is 0 Å². The lowest BCUT2D eigenvalue weighted by Crippen LogP contribution is -2.31. The van der Waals surface area contributed by atoms with Crippen molar-refractivity contribution in [1.29, 1.82) is 0 Å². The van der Waals surface area contributed by atoms with Crippen LogP contribution in [-0.2, 0) is 13.1 Å². The number of aromatic nitrogens is 2. The first-order valence-corrected chi connectivity index (χ1v) is 5.87. The van der Waals surface area contributed by atoms with E-state index < -0.39 is 0 Å². The van der Waals surface area contributed by atoms with Gasteiger partial charge in [-0.3, -0.25) is 0 Å². The average molecular weight is 267 g/mol. The Balaban J connectivity index is 2.31. The molecule has 0 aliphatic heterocycles. The molecule has 0 fully saturated rings. The van der Waals surface area contributed by atoms with Gasteiger partial charge in [-0.2, -0.15) is 0 Å². The molecule has 20 heavy (non-hydrogen) atoms. The van der Waals surface area contributed by atoms with Crippen molar-refractivity contribution in [2.75, 3.05) is 0 Å². The van der Waals surface area contributed by atoms with Crippen LogP contribution in [-0.4, -0.2) is 4.57 Å².